The van der Waals surface area contributed by atoms with Gasteiger partial charge in [0.25, 0.3) is 0 Å². The first-order valence-corrected chi connectivity index (χ1v) is 8.98. The normalized spacial score (nSPS) is 28.0. The van der Waals surface area contributed by atoms with Crippen LogP contribution in [0.4, 0.5) is 0 Å². The van der Waals surface area contributed by atoms with E-state index in [9.17, 15) is 0 Å². The summed E-state index contributed by atoms with van der Waals surface area (Å²) >= 11 is 0. The lowest BCUT2D eigenvalue weighted by molar-refractivity contribution is 0.0582. The summed E-state index contributed by atoms with van der Waals surface area (Å²) in [5, 5.41) is 3.78. The summed E-state index contributed by atoms with van der Waals surface area (Å²) < 4.78 is 0. The largest absolute Gasteiger partial charge is 0.309 e. The van der Waals surface area contributed by atoms with Crippen molar-refractivity contribution in [3.8, 4) is 0 Å². The molecule has 1 saturated heterocycles. The van der Waals surface area contributed by atoms with Gasteiger partial charge in [0.05, 0.1) is 0 Å². The van der Waals surface area contributed by atoms with Crippen molar-refractivity contribution in [1.82, 2.24) is 15.1 Å². The molecule has 0 aliphatic carbocycles. The first-order chi connectivity index (χ1) is 9.79. The molecule has 0 bridgehead atoms. The van der Waals surface area contributed by atoms with Gasteiger partial charge in [-0.1, -0.05) is 20.8 Å². The summed E-state index contributed by atoms with van der Waals surface area (Å²) in [6.07, 6.45) is 3.84. The molecule has 0 radical (unpaired) electrons. The maximum absolute atomic E-state index is 3.78. The average molecular weight is 298 g/mol. The van der Waals surface area contributed by atoms with E-state index in [1.807, 2.05) is 0 Å². The minimum absolute atomic E-state index is 0.306. The zero-order valence-electron chi connectivity index (χ0n) is 15.6. The van der Waals surface area contributed by atoms with Crippen LogP contribution >= 0.6 is 0 Å². The molecule has 0 saturated carbocycles. The number of unbranched alkanes of at least 4 members (excludes halogenated alkanes) is 1. The summed E-state index contributed by atoms with van der Waals surface area (Å²) in [5.41, 5.74) is 0.306. The second-order valence-electron chi connectivity index (χ2n) is 7.86. The lowest BCUT2D eigenvalue weighted by Gasteiger charge is -2.47. The van der Waals surface area contributed by atoms with Gasteiger partial charge in [-0.15, -0.1) is 0 Å². The van der Waals surface area contributed by atoms with Crippen molar-refractivity contribution in [3.05, 3.63) is 0 Å². The number of hydrogen-bond donors (Lipinski definition) is 1. The van der Waals surface area contributed by atoms with E-state index in [1.54, 1.807) is 0 Å². The van der Waals surface area contributed by atoms with Crippen LogP contribution in [-0.2, 0) is 0 Å². The average Bonchev–Trinajstić information content (AvgIpc) is 2.43. The van der Waals surface area contributed by atoms with Crippen molar-refractivity contribution >= 4 is 0 Å². The number of rotatable bonds is 8. The third-order valence-corrected chi connectivity index (χ3v) is 5.40. The van der Waals surface area contributed by atoms with E-state index in [0.29, 0.717) is 17.6 Å². The standard InChI is InChI=1S/C18H39N3/c1-8-18(6)14-21(17(13-19-18)15(2)3)12-10-9-11-20(7)16(4)5/h15-17,19H,8-14H2,1-7H3. The van der Waals surface area contributed by atoms with Crippen LogP contribution in [0.3, 0.4) is 0 Å². The molecule has 3 nitrogen and oxygen atoms in total. The fourth-order valence-electron chi connectivity index (χ4n) is 3.17. The van der Waals surface area contributed by atoms with Gasteiger partial charge in [0.2, 0.25) is 0 Å². The van der Waals surface area contributed by atoms with E-state index in [2.05, 4.69) is 63.7 Å². The molecule has 0 aromatic carbocycles. The Hall–Kier alpha value is -0.120. The molecular formula is C18H39N3. The third-order valence-electron chi connectivity index (χ3n) is 5.40. The molecule has 1 heterocycles. The van der Waals surface area contributed by atoms with Crippen LogP contribution in [0.1, 0.15) is 60.8 Å². The Bertz CT molecular complexity index is 290. The van der Waals surface area contributed by atoms with Gasteiger partial charge < -0.3 is 10.2 Å². The second-order valence-corrected chi connectivity index (χ2v) is 7.86. The molecule has 1 aliphatic heterocycles. The predicted molar refractivity (Wildman–Crippen MR) is 93.9 cm³/mol. The van der Waals surface area contributed by atoms with Crippen LogP contribution < -0.4 is 5.32 Å². The highest BCUT2D eigenvalue weighted by Crippen LogP contribution is 2.23. The van der Waals surface area contributed by atoms with Crippen LogP contribution in [-0.4, -0.2) is 60.6 Å². The van der Waals surface area contributed by atoms with Crippen LogP contribution in [0.15, 0.2) is 0 Å². The Balaban J connectivity index is 2.44. The first-order valence-electron chi connectivity index (χ1n) is 8.98. The van der Waals surface area contributed by atoms with E-state index in [0.717, 1.165) is 12.5 Å². The van der Waals surface area contributed by atoms with Crippen molar-refractivity contribution in [2.75, 3.05) is 33.2 Å². The number of hydrogen-bond acceptors (Lipinski definition) is 3. The molecule has 0 aromatic heterocycles. The molecule has 21 heavy (non-hydrogen) atoms. The first kappa shape index (κ1) is 18.9. The lowest BCUT2D eigenvalue weighted by Crippen LogP contribution is -2.64. The molecule has 2 atom stereocenters. The number of nitrogens with zero attached hydrogens (tertiary/aromatic N) is 2. The molecule has 0 amide bonds. The van der Waals surface area contributed by atoms with Crippen LogP contribution in [0.5, 0.6) is 0 Å². The van der Waals surface area contributed by atoms with Crippen molar-refractivity contribution < 1.29 is 0 Å². The summed E-state index contributed by atoms with van der Waals surface area (Å²) in [6, 6.07) is 1.36. The smallest absolute Gasteiger partial charge is 0.0278 e. The van der Waals surface area contributed by atoms with Gasteiger partial charge in [0.15, 0.2) is 0 Å². The molecule has 3 heteroatoms. The van der Waals surface area contributed by atoms with Crippen LogP contribution in [0.2, 0.25) is 0 Å². The highest BCUT2D eigenvalue weighted by atomic mass is 15.3. The van der Waals surface area contributed by atoms with Crippen LogP contribution in [0.25, 0.3) is 0 Å². The molecule has 1 fully saturated rings. The summed E-state index contributed by atoms with van der Waals surface area (Å²) in [6.45, 7) is 18.8. The van der Waals surface area contributed by atoms with Crippen molar-refractivity contribution in [1.29, 1.82) is 0 Å². The molecule has 2 unspecified atom stereocenters. The van der Waals surface area contributed by atoms with Gasteiger partial charge in [0, 0.05) is 30.7 Å². The van der Waals surface area contributed by atoms with Crippen molar-refractivity contribution in [2.45, 2.75) is 78.4 Å². The van der Waals surface area contributed by atoms with Crippen molar-refractivity contribution in [2.24, 2.45) is 5.92 Å². The Morgan fingerprint density at radius 2 is 1.90 bits per heavy atom. The fraction of sp³-hybridized carbons (Fsp3) is 1.00. The topological polar surface area (TPSA) is 18.5 Å². The van der Waals surface area contributed by atoms with E-state index in [4.69, 9.17) is 0 Å². The van der Waals surface area contributed by atoms with Gasteiger partial charge in [0.1, 0.15) is 0 Å². The Morgan fingerprint density at radius 3 is 2.43 bits per heavy atom. The monoisotopic (exact) mass is 297 g/mol. The summed E-state index contributed by atoms with van der Waals surface area (Å²) in [7, 11) is 2.24. The van der Waals surface area contributed by atoms with Crippen molar-refractivity contribution in [3.63, 3.8) is 0 Å². The summed E-state index contributed by atoms with van der Waals surface area (Å²) in [5.74, 6) is 0.734. The van der Waals surface area contributed by atoms with E-state index in [-0.39, 0.29) is 0 Å². The van der Waals surface area contributed by atoms with E-state index >= 15 is 0 Å². The SMILES string of the molecule is CCC1(C)CN(CCCCN(C)C(C)C)C(C(C)C)CN1. The molecule has 0 spiro atoms. The highest BCUT2D eigenvalue weighted by molar-refractivity contribution is 4.95. The number of piperazine rings is 1. The Morgan fingerprint density at radius 1 is 1.24 bits per heavy atom. The molecule has 126 valence electrons. The molecule has 1 rings (SSSR count). The maximum Gasteiger partial charge on any atom is 0.0278 e. The minimum Gasteiger partial charge on any atom is -0.309 e. The predicted octanol–water partition coefficient (Wildman–Crippen LogP) is 3.21. The van der Waals surface area contributed by atoms with Crippen LogP contribution in [0, 0.1) is 5.92 Å². The molecule has 0 aromatic rings. The second kappa shape index (κ2) is 8.50. The van der Waals surface area contributed by atoms with Gasteiger partial charge in [-0.3, -0.25) is 4.90 Å². The molecule has 1 aliphatic rings. The third kappa shape index (κ3) is 5.88. The zero-order valence-corrected chi connectivity index (χ0v) is 15.6. The minimum atomic E-state index is 0.306. The number of nitrogens with one attached hydrogen (secondary N) is 1. The highest BCUT2D eigenvalue weighted by Gasteiger charge is 2.35. The van der Waals surface area contributed by atoms with Gasteiger partial charge in [-0.25, -0.2) is 0 Å². The lowest BCUT2D eigenvalue weighted by atomic mass is 9.89. The maximum atomic E-state index is 3.78. The molecular weight excluding hydrogens is 258 g/mol. The zero-order chi connectivity index (χ0) is 16.0. The Kier molecular flexibility index (Phi) is 7.66. The van der Waals surface area contributed by atoms with Gasteiger partial charge in [-0.05, 0) is 66.1 Å². The van der Waals surface area contributed by atoms with Gasteiger partial charge >= 0.3 is 0 Å². The fourth-order valence-corrected chi connectivity index (χ4v) is 3.17. The van der Waals surface area contributed by atoms with Gasteiger partial charge in [-0.2, -0.15) is 0 Å². The quantitative estimate of drug-likeness (QED) is 0.694. The van der Waals surface area contributed by atoms with E-state index in [1.165, 1.54) is 38.9 Å². The van der Waals surface area contributed by atoms with E-state index < -0.39 is 0 Å². The summed E-state index contributed by atoms with van der Waals surface area (Å²) in [4.78, 5) is 5.20. The Labute approximate surface area is 133 Å². The molecule has 1 N–H and O–H groups in total.